The van der Waals surface area contributed by atoms with Crippen LogP contribution in [0.1, 0.15) is 11.3 Å². The standard InChI is InChI=1S/C14H15N3O2/c1-10-7-13(16-15-10)17-12(9-19-14(17)18)8-11-5-3-2-4-6-11/h2-7,12H,8-9H2,1H3,(H,15,16)/t12-/m0/s1. The van der Waals surface area contributed by atoms with Gasteiger partial charge in [0.05, 0.1) is 6.04 Å². The Morgan fingerprint density at radius 1 is 1.42 bits per heavy atom. The molecule has 0 aliphatic carbocycles. The van der Waals surface area contributed by atoms with Crippen LogP contribution < -0.4 is 4.90 Å². The molecule has 3 rings (SSSR count). The number of H-pyrrole nitrogens is 1. The van der Waals surface area contributed by atoms with E-state index in [1.54, 1.807) is 4.90 Å². The third-order valence-corrected chi connectivity index (χ3v) is 3.21. The molecule has 2 aromatic rings. The minimum atomic E-state index is -0.326. The summed E-state index contributed by atoms with van der Waals surface area (Å²) in [5.74, 6) is 0.626. The van der Waals surface area contributed by atoms with Gasteiger partial charge in [-0.15, -0.1) is 0 Å². The van der Waals surface area contributed by atoms with Gasteiger partial charge in [-0.1, -0.05) is 30.3 Å². The molecule has 1 aromatic heterocycles. The zero-order chi connectivity index (χ0) is 13.2. The van der Waals surface area contributed by atoms with Crippen LogP contribution in [0.5, 0.6) is 0 Å². The number of rotatable bonds is 3. The topological polar surface area (TPSA) is 58.2 Å². The average molecular weight is 257 g/mol. The maximum absolute atomic E-state index is 11.8. The number of carbonyl (C=O) groups excluding carboxylic acids is 1. The fourth-order valence-corrected chi connectivity index (χ4v) is 2.30. The number of aryl methyl sites for hydroxylation is 1. The van der Waals surface area contributed by atoms with Crippen LogP contribution in [0.15, 0.2) is 36.4 Å². The van der Waals surface area contributed by atoms with Crippen molar-refractivity contribution in [1.82, 2.24) is 10.2 Å². The predicted octanol–water partition coefficient (Wildman–Crippen LogP) is 2.29. The molecule has 0 saturated carbocycles. The molecule has 5 nitrogen and oxygen atoms in total. The molecule has 1 aromatic carbocycles. The van der Waals surface area contributed by atoms with Crippen molar-refractivity contribution in [3.8, 4) is 0 Å². The van der Waals surface area contributed by atoms with Crippen molar-refractivity contribution in [2.75, 3.05) is 11.5 Å². The van der Waals surface area contributed by atoms with Gasteiger partial charge in [0, 0.05) is 11.8 Å². The van der Waals surface area contributed by atoms with Gasteiger partial charge in [-0.3, -0.25) is 10.00 Å². The summed E-state index contributed by atoms with van der Waals surface area (Å²) in [6.07, 6.45) is 0.436. The van der Waals surface area contributed by atoms with Crippen molar-refractivity contribution in [3.05, 3.63) is 47.7 Å². The van der Waals surface area contributed by atoms with Gasteiger partial charge in [-0.2, -0.15) is 5.10 Å². The first-order valence-corrected chi connectivity index (χ1v) is 6.26. The largest absolute Gasteiger partial charge is 0.447 e. The Hall–Kier alpha value is -2.30. The van der Waals surface area contributed by atoms with Crippen molar-refractivity contribution >= 4 is 11.9 Å². The second kappa shape index (κ2) is 4.76. The number of aromatic nitrogens is 2. The van der Waals surface area contributed by atoms with Crippen LogP contribution in [0.2, 0.25) is 0 Å². The Bertz CT molecular complexity index is 579. The Morgan fingerprint density at radius 2 is 2.21 bits per heavy atom. The minimum absolute atomic E-state index is 0.00222. The molecule has 19 heavy (non-hydrogen) atoms. The van der Waals surface area contributed by atoms with E-state index in [9.17, 15) is 4.79 Å². The molecule has 1 amide bonds. The van der Waals surface area contributed by atoms with Gasteiger partial charge in [0.2, 0.25) is 0 Å². The number of hydrogen-bond acceptors (Lipinski definition) is 3. The number of anilines is 1. The van der Waals surface area contributed by atoms with Gasteiger partial charge in [-0.05, 0) is 18.9 Å². The van der Waals surface area contributed by atoms with E-state index in [-0.39, 0.29) is 12.1 Å². The maximum Gasteiger partial charge on any atom is 0.416 e. The fraction of sp³-hybridized carbons (Fsp3) is 0.286. The second-order valence-electron chi connectivity index (χ2n) is 4.70. The molecule has 1 aliphatic rings. The van der Waals surface area contributed by atoms with Crippen molar-refractivity contribution < 1.29 is 9.53 Å². The van der Waals surface area contributed by atoms with Crippen LogP contribution in [-0.4, -0.2) is 28.9 Å². The van der Waals surface area contributed by atoms with Crippen molar-refractivity contribution in [3.63, 3.8) is 0 Å². The average Bonchev–Trinajstić information content (AvgIpc) is 2.97. The lowest BCUT2D eigenvalue weighted by Gasteiger charge is -2.18. The predicted molar refractivity (Wildman–Crippen MR) is 71.1 cm³/mol. The lowest BCUT2D eigenvalue weighted by Crippen LogP contribution is -2.35. The number of nitrogens with one attached hydrogen (secondary N) is 1. The number of aromatic amines is 1. The Kier molecular flexibility index (Phi) is 2.95. The van der Waals surface area contributed by atoms with Crippen LogP contribution in [0.3, 0.4) is 0 Å². The van der Waals surface area contributed by atoms with Gasteiger partial charge >= 0.3 is 6.09 Å². The highest BCUT2D eigenvalue weighted by Crippen LogP contribution is 2.23. The van der Waals surface area contributed by atoms with E-state index >= 15 is 0 Å². The number of amides is 1. The quantitative estimate of drug-likeness (QED) is 0.917. The first-order valence-electron chi connectivity index (χ1n) is 6.26. The summed E-state index contributed by atoms with van der Waals surface area (Å²) < 4.78 is 5.15. The summed E-state index contributed by atoms with van der Waals surface area (Å²) in [4.78, 5) is 13.5. The summed E-state index contributed by atoms with van der Waals surface area (Å²) in [5, 5.41) is 6.99. The van der Waals surface area contributed by atoms with Gasteiger partial charge in [0.25, 0.3) is 0 Å². The van der Waals surface area contributed by atoms with E-state index in [1.165, 1.54) is 5.56 Å². The number of nitrogens with zero attached hydrogens (tertiary/aromatic N) is 2. The fourth-order valence-electron chi connectivity index (χ4n) is 2.30. The Labute approximate surface area is 111 Å². The van der Waals surface area contributed by atoms with Gasteiger partial charge in [-0.25, -0.2) is 4.79 Å². The van der Waals surface area contributed by atoms with E-state index in [2.05, 4.69) is 22.3 Å². The highest BCUT2D eigenvalue weighted by molar-refractivity contribution is 5.89. The van der Waals surface area contributed by atoms with E-state index < -0.39 is 0 Å². The molecule has 0 bridgehead atoms. The molecule has 1 atom stereocenters. The summed E-state index contributed by atoms with van der Waals surface area (Å²) in [6.45, 7) is 2.31. The molecule has 0 spiro atoms. The number of ether oxygens (including phenoxy) is 1. The number of benzene rings is 1. The minimum Gasteiger partial charge on any atom is -0.447 e. The van der Waals surface area contributed by atoms with E-state index in [0.717, 1.165) is 12.1 Å². The highest BCUT2D eigenvalue weighted by Gasteiger charge is 2.35. The smallest absolute Gasteiger partial charge is 0.416 e. The molecule has 5 heteroatoms. The number of cyclic esters (lactones) is 1. The molecule has 1 fully saturated rings. The summed E-state index contributed by atoms with van der Waals surface area (Å²) in [6, 6.07) is 11.9. The summed E-state index contributed by atoms with van der Waals surface area (Å²) in [5.41, 5.74) is 2.11. The summed E-state index contributed by atoms with van der Waals surface area (Å²) >= 11 is 0. The maximum atomic E-state index is 11.8. The van der Waals surface area contributed by atoms with Crippen LogP contribution in [0.25, 0.3) is 0 Å². The van der Waals surface area contributed by atoms with Crippen LogP contribution in [0.4, 0.5) is 10.6 Å². The summed E-state index contributed by atoms with van der Waals surface area (Å²) in [7, 11) is 0. The SMILES string of the molecule is Cc1cc(N2C(=O)OC[C@@H]2Cc2ccccc2)n[nH]1. The van der Waals surface area contributed by atoms with E-state index in [1.807, 2.05) is 31.2 Å². The zero-order valence-corrected chi connectivity index (χ0v) is 10.7. The van der Waals surface area contributed by atoms with E-state index in [0.29, 0.717) is 12.4 Å². The van der Waals surface area contributed by atoms with Gasteiger partial charge in [0.1, 0.15) is 6.61 Å². The molecule has 1 aliphatic heterocycles. The number of carbonyl (C=O) groups is 1. The molecule has 1 saturated heterocycles. The Balaban J connectivity index is 1.83. The van der Waals surface area contributed by atoms with Gasteiger partial charge in [0.15, 0.2) is 5.82 Å². The van der Waals surface area contributed by atoms with Crippen molar-refractivity contribution in [2.24, 2.45) is 0 Å². The molecule has 0 unspecified atom stereocenters. The number of hydrogen-bond donors (Lipinski definition) is 1. The first-order chi connectivity index (χ1) is 9.24. The van der Waals surface area contributed by atoms with Crippen molar-refractivity contribution in [1.29, 1.82) is 0 Å². The normalized spacial score (nSPS) is 18.7. The molecule has 0 radical (unpaired) electrons. The lowest BCUT2D eigenvalue weighted by molar-refractivity contribution is 0.178. The van der Waals surface area contributed by atoms with Crippen LogP contribution in [0, 0.1) is 6.92 Å². The monoisotopic (exact) mass is 257 g/mol. The molecule has 1 N–H and O–H groups in total. The van der Waals surface area contributed by atoms with Crippen LogP contribution >= 0.6 is 0 Å². The highest BCUT2D eigenvalue weighted by atomic mass is 16.6. The molecule has 2 heterocycles. The van der Waals surface area contributed by atoms with Crippen molar-refractivity contribution in [2.45, 2.75) is 19.4 Å². The first kappa shape index (κ1) is 11.8. The zero-order valence-electron chi connectivity index (χ0n) is 10.7. The third-order valence-electron chi connectivity index (χ3n) is 3.21. The third kappa shape index (κ3) is 2.31. The van der Waals surface area contributed by atoms with Crippen LogP contribution in [-0.2, 0) is 11.2 Å². The van der Waals surface area contributed by atoms with E-state index in [4.69, 9.17) is 4.74 Å². The molecule has 98 valence electrons. The lowest BCUT2D eigenvalue weighted by atomic mass is 10.1. The molecular weight excluding hydrogens is 242 g/mol. The van der Waals surface area contributed by atoms with Gasteiger partial charge < -0.3 is 4.74 Å². The second-order valence-corrected chi connectivity index (χ2v) is 4.70. The Morgan fingerprint density at radius 3 is 2.89 bits per heavy atom. The molecular formula is C14H15N3O2.